The highest BCUT2D eigenvalue weighted by atomic mass is 16.4. The number of nitrogens with one attached hydrogen (secondary N) is 3. The second kappa shape index (κ2) is 6.74. The summed E-state index contributed by atoms with van der Waals surface area (Å²) in [5.74, 6) is -1.09. The lowest BCUT2D eigenvalue weighted by atomic mass is 10.2. The lowest BCUT2D eigenvalue weighted by Gasteiger charge is -2.08. The van der Waals surface area contributed by atoms with Crippen molar-refractivity contribution in [3.05, 3.63) is 29.8 Å². The minimum Gasteiger partial charge on any atom is -0.481 e. The van der Waals surface area contributed by atoms with Crippen LogP contribution in [0, 0.1) is 0 Å². The number of aliphatic carboxylic acids is 1. The summed E-state index contributed by atoms with van der Waals surface area (Å²) in [6, 6.07) is 6.33. The van der Waals surface area contributed by atoms with E-state index < -0.39 is 12.0 Å². The van der Waals surface area contributed by atoms with Crippen molar-refractivity contribution in [2.24, 2.45) is 0 Å². The molecule has 1 aromatic carbocycles. The molecule has 1 aromatic rings. The first-order valence-electron chi connectivity index (χ1n) is 6.72. The first-order chi connectivity index (χ1) is 10.0. The summed E-state index contributed by atoms with van der Waals surface area (Å²) in [5, 5.41) is 16.3. The summed E-state index contributed by atoms with van der Waals surface area (Å²) < 4.78 is 0. The number of amides is 3. The van der Waals surface area contributed by atoms with E-state index in [-0.39, 0.29) is 18.9 Å². The van der Waals surface area contributed by atoms with Gasteiger partial charge in [0.25, 0.3) is 5.91 Å². The van der Waals surface area contributed by atoms with Crippen LogP contribution in [0.4, 0.5) is 10.5 Å². The Kier molecular flexibility index (Phi) is 4.76. The predicted octanol–water partition coefficient (Wildman–Crippen LogP) is 1.17. The number of hydrogen-bond acceptors (Lipinski definition) is 3. The van der Waals surface area contributed by atoms with E-state index in [1.54, 1.807) is 24.3 Å². The molecule has 1 saturated carbocycles. The van der Waals surface area contributed by atoms with Crippen molar-refractivity contribution in [3.63, 3.8) is 0 Å². The Morgan fingerprint density at radius 3 is 2.38 bits per heavy atom. The molecular formula is C14H17N3O4. The largest absolute Gasteiger partial charge is 0.481 e. The fourth-order valence-corrected chi connectivity index (χ4v) is 1.66. The molecule has 1 fully saturated rings. The van der Waals surface area contributed by atoms with Crippen molar-refractivity contribution in [2.75, 3.05) is 11.9 Å². The van der Waals surface area contributed by atoms with Crippen molar-refractivity contribution in [1.82, 2.24) is 10.6 Å². The Labute approximate surface area is 121 Å². The Balaban J connectivity index is 1.79. The third-order valence-corrected chi connectivity index (χ3v) is 2.94. The van der Waals surface area contributed by atoms with Gasteiger partial charge in [0, 0.05) is 23.8 Å². The van der Waals surface area contributed by atoms with Crippen LogP contribution >= 0.6 is 0 Å². The molecule has 0 spiro atoms. The molecule has 0 unspecified atom stereocenters. The van der Waals surface area contributed by atoms with Crippen LogP contribution in [0.2, 0.25) is 0 Å². The Morgan fingerprint density at radius 2 is 1.81 bits per heavy atom. The van der Waals surface area contributed by atoms with E-state index in [0.29, 0.717) is 17.3 Å². The molecule has 0 heterocycles. The van der Waals surface area contributed by atoms with Gasteiger partial charge in [0.15, 0.2) is 0 Å². The summed E-state index contributed by atoms with van der Waals surface area (Å²) in [6.07, 6.45) is 1.93. The van der Waals surface area contributed by atoms with Crippen LogP contribution in [0.3, 0.4) is 0 Å². The van der Waals surface area contributed by atoms with Crippen LogP contribution in [0.1, 0.15) is 29.6 Å². The second-order valence-corrected chi connectivity index (χ2v) is 4.85. The van der Waals surface area contributed by atoms with E-state index in [9.17, 15) is 14.4 Å². The summed E-state index contributed by atoms with van der Waals surface area (Å²) >= 11 is 0. The molecule has 0 bridgehead atoms. The Bertz CT molecular complexity index is 538. The number of carboxylic acid groups (broad SMARTS) is 1. The van der Waals surface area contributed by atoms with Gasteiger partial charge in [-0.15, -0.1) is 0 Å². The molecule has 0 aliphatic heterocycles. The van der Waals surface area contributed by atoms with Gasteiger partial charge in [0.1, 0.15) is 0 Å². The number of anilines is 1. The number of hydrogen-bond donors (Lipinski definition) is 4. The molecule has 0 aromatic heterocycles. The number of carbonyl (C=O) groups is 3. The fraction of sp³-hybridized carbons (Fsp3) is 0.357. The molecule has 3 amide bonds. The van der Waals surface area contributed by atoms with Crippen LogP contribution in [0.5, 0.6) is 0 Å². The van der Waals surface area contributed by atoms with E-state index in [2.05, 4.69) is 16.0 Å². The van der Waals surface area contributed by atoms with Gasteiger partial charge in [-0.1, -0.05) is 0 Å². The van der Waals surface area contributed by atoms with Gasteiger partial charge < -0.3 is 21.1 Å². The third-order valence-electron chi connectivity index (χ3n) is 2.94. The molecule has 0 saturated heterocycles. The highest BCUT2D eigenvalue weighted by Gasteiger charge is 2.23. The van der Waals surface area contributed by atoms with Crippen LogP contribution < -0.4 is 16.0 Å². The minimum absolute atomic E-state index is 0.0586. The average Bonchev–Trinajstić information content (AvgIpc) is 3.23. The van der Waals surface area contributed by atoms with Gasteiger partial charge in [-0.3, -0.25) is 9.59 Å². The maximum absolute atomic E-state index is 11.8. The van der Waals surface area contributed by atoms with Crippen molar-refractivity contribution >= 4 is 23.6 Å². The molecule has 0 atom stereocenters. The SMILES string of the molecule is O=C(O)CCNC(=O)Nc1ccc(C(=O)NC2CC2)cc1. The minimum atomic E-state index is -0.971. The first kappa shape index (κ1) is 14.8. The van der Waals surface area contributed by atoms with Crippen LogP contribution in [0.15, 0.2) is 24.3 Å². The van der Waals surface area contributed by atoms with Gasteiger partial charge in [0.2, 0.25) is 0 Å². The number of urea groups is 1. The first-order valence-corrected chi connectivity index (χ1v) is 6.72. The van der Waals surface area contributed by atoms with E-state index in [1.807, 2.05) is 0 Å². The van der Waals surface area contributed by atoms with Gasteiger partial charge >= 0.3 is 12.0 Å². The fourth-order valence-electron chi connectivity index (χ4n) is 1.66. The zero-order valence-corrected chi connectivity index (χ0v) is 11.4. The standard InChI is InChI=1S/C14H17N3O4/c18-12(19)7-8-15-14(21)17-11-3-1-9(2-4-11)13(20)16-10-5-6-10/h1-4,10H,5-8H2,(H,16,20)(H,18,19)(H2,15,17,21). The van der Waals surface area contributed by atoms with Crippen molar-refractivity contribution < 1.29 is 19.5 Å². The zero-order chi connectivity index (χ0) is 15.2. The van der Waals surface area contributed by atoms with Gasteiger partial charge in [-0.05, 0) is 37.1 Å². The van der Waals surface area contributed by atoms with Crippen LogP contribution in [0.25, 0.3) is 0 Å². The quantitative estimate of drug-likeness (QED) is 0.631. The normalized spacial score (nSPS) is 13.3. The maximum atomic E-state index is 11.8. The highest BCUT2D eigenvalue weighted by Crippen LogP contribution is 2.19. The molecule has 7 heteroatoms. The lowest BCUT2D eigenvalue weighted by molar-refractivity contribution is -0.136. The average molecular weight is 291 g/mol. The summed E-state index contributed by atoms with van der Waals surface area (Å²) in [5.41, 5.74) is 1.07. The molecule has 21 heavy (non-hydrogen) atoms. The van der Waals surface area contributed by atoms with E-state index in [0.717, 1.165) is 12.8 Å². The van der Waals surface area contributed by atoms with Gasteiger partial charge in [0.05, 0.1) is 6.42 Å². The molecule has 1 aliphatic carbocycles. The topological polar surface area (TPSA) is 108 Å². The van der Waals surface area contributed by atoms with Crippen molar-refractivity contribution in [1.29, 1.82) is 0 Å². The van der Waals surface area contributed by atoms with E-state index in [4.69, 9.17) is 5.11 Å². The molecule has 112 valence electrons. The number of rotatable bonds is 6. The smallest absolute Gasteiger partial charge is 0.319 e. The van der Waals surface area contributed by atoms with E-state index >= 15 is 0 Å². The van der Waals surface area contributed by atoms with Crippen LogP contribution in [-0.4, -0.2) is 35.6 Å². The summed E-state index contributed by atoms with van der Waals surface area (Å²) in [6.45, 7) is 0.0586. The molecule has 4 N–H and O–H groups in total. The van der Waals surface area contributed by atoms with Gasteiger partial charge in [-0.25, -0.2) is 4.79 Å². The maximum Gasteiger partial charge on any atom is 0.319 e. The molecule has 7 nitrogen and oxygen atoms in total. The van der Waals surface area contributed by atoms with Gasteiger partial charge in [-0.2, -0.15) is 0 Å². The monoisotopic (exact) mass is 291 g/mol. The summed E-state index contributed by atoms with van der Waals surface area (Å²) in [7, 11) is 0. The van der Waals surface area contributed by atoms with Crippen molar-refractivity contribution in [3.8, 4) is 0 Å². The Hall–Kier alpha value is -2.57. The molecular weight excluding hydrogens is 274 g/mol. The number of benzene rings is 1. The van der Waals surface area contributed by atoms with Crippen molar-refractivity contribution in [2.45, 2.75) is 25.3 Å². The second-order valence-electron chi connectivity index (χ2n) is 4.85. The number of carbonyl (C=O) groups excluding carboxylic acids is 2. The number of carboxylic acids is 1. The van der Waals surface area contributed by atoms with E-state index in [1.165, 1.54) is 0 Å². The highest BCUT2D eigenvalue weighted by molar-refractivity contribution is 5.95. The third kappa shape index (κ3) is 5.13. The zero-order valence-electron chi connectivity index (χ0n) is 11.4. The predicted molar refractivity (Wildman–Crippen MR) is 76.2 cm³/mol. The molecule has 0 radical (unpaired) electrons. The van der Waals surface area contributed by atoms with Crippen LogP contribution in [-0.2, 0) is 4.79 Å². The lowest BCUT2D eigenvalue weighted by Crippen LogP contribution is -2.30. The summed E-state index contributed by atoms with van der Waals surface area (Å²) in [4.78, 5) is 33.6. The Morgan fingerprint density at radius 1 is 1.14 bits per heavy atom. The molecule has 1 aliphatic rings. The molecule has 2 rings (SSSR count).